The van der Waals surface area contributed by atoms with Crippen LogP contribution in [-0.4, -0.2) is 38.5 Å². The number of nitrogens with one attached hydrogen (secondary N) is 1. The average Bonchev–Trinajstić information content (AvgIpc) is 3.15. The molecule has 1 aliphatic heterocycles. The summed E-state index contributed by atoms with van der Waals surface area (Å²) in [7, 11) is 1.26. The number of esters is 1. The molecule has 0 aliphatic carbocycles. The van der Waals surface area contributed by atoms with Gasteiger partial charge in [0.05, 0.1) is 7.11 Å². The van der Waals surface area contributed by atoms with Gasteiger partial charge in [-0.15, -0.1) is 0 Å². The van der Waals surface area contributed by atoms with Gasteiger partial charge in [0, 0.05) is 31.5 Å². The molecule has 1 saturated heterocycles. The average molecular weight is 328 g/mol. The Balaban J connectivity index is 2.05. The second-order valence-electron chi connectivity index (χ2n) is 5.59. The van der Waals surface area contributed by atoms with Gasteiger partial charge in [-0.25, -0.2) is 4.79 Å². The first-order valence-corrected chi connectivity index (χ1v) is 8.25. The van der Waals surface area contributed by atoms with Gasteiger partial charge < -0.3 is 15.0 Å². The van der Waals surface area contributed by atoms with Gasteiger partial charge in [-0.2, -0.15) is 0 Å². The summed E-state index contributed by atoms with van der Waals surface area (Å²) in [5.74, 6) is -1.03. The van der Waals surface area contributed by atoms with E-state index in [1.165, 1.54) is 37.9 Å². The number of hydrogen-bond donors (Lipinski definition) is 1. The van der Waals surface area contributed by atoms with E-state index in [1.807, 2.05) is 19.1 Å². The molecule has 1 aromatic carbocycles. The number of ketones is 1. The summed E-state index contributed by atoms with van der Waals surface area (Å²) in [6.45, 7) is 4.71. The number of benzene rings is 1. The van der Waals surface area contributed by atoms with Crippen LogP contribution in [0.4, 0.5) is 5.69 Å². The molecule has 0 radical (unpaired) electrons. The predicted molar refractivity (Wildman–Crippen MR) is 95.7 cm³/mol. The number of anilines is 1. The number of rotatable bonds is 7. The maximum atomic E-state index is 12.2. The first-order chi connectivity index (χ1) is 11.7. The molecule has 1 aliphatic rings. The third-order valence-electron chi connectivity index (χ3n) is 3.91. The Kier molecular flexibility index (Phi) is 6.61. The summed E-state index contributed by atoms with van der Waals surface area (Å²) < 4.78 is 4.65. The van der Waals surface area contributed by atoms with Crippen molar-refractivity contribution in [3.63, 3.8) is 0 Å². The Morgan fingerprint density at radius 2 is 1.88 bits per heavy atom. The van der Waals surface area contributed by atoms with Crippen molar-refractivity contribution >= 4 is 23.5 Å². The lowest BCUT2D eigenvalue weighted by Gasteiger charge is -2.17. The smallest absolute Gasteiger partial charge is 0.343 e. The van der Waals surface area contributed by atoms with Gasteiger partial charge in [-0.05, 0) is 43.5 Å². The Morgan fingerprint density at radius 1 is 1.21 bits per heavy atom. The zero-order chi connectivity index (χ0) is 17.4. The maximum Gasteiger partial charge on any atom is 0.343 e. The number of hydrogen-bond acceptors (Lipinski definition) is 5. The normalized spacial score (nSPS) is 14.9. The Hall–Kier alpha value is -2.56. The number of nitrogens with zero attached hydrogens (tertiary/aromatic N) is 1. The molecule has 0 atom stereocenters. The fourth-order valence-electron chi connectivity index (χ4n) is 2.58. The SMILES string of the molecule is CCN/C=C(/C(=O)/C=C/c1ccc(N2CCCC2)cc1)C(=O)OC. The third-order valence-corrected chi connectivity index (χ3v) is 3.91. The fourth-order valence-corrected chi connectivity index (χ4v) is 2.58. The molecule has 2 rings (SSSR count). The minimum absolute atomic E-state index is 0.00992. The van der Waals surface area contributed by atoms with E-state index in [1.54, 1.807) is 6.08 Å². The standard InChI is InChI=1S/C19H24N2O3/c1-3-20-14-17(19(23)24-2)18(22)11-8-15-6-9-16(10-7-15)21-12-4-5-13-21/h6-11,14,20H,3-5,12-13H2,1-2H3/b11-8+,17-14-. The Labute approximate surface area is 143 Å². The van der Waals surface area contributed by atoms with Crippen LogP contribution in [0.3, 0.4) is 0 Å². The quantitative estimate of drug-likeness (QED) is 0.361. The van der Waals surface area contributed by atoms with Crippen LogP contribution in [0.25, 0.3) is 6.08 Å². The zero-order valence-electron chi connectivity index (χ0n) is 14.2. The highest BCUT2D eigenvalue weighted by atomic mass is 16.5. The van der Waals surface area contributed by atoms with Crippen LogP contribution >= 0.6 is 0 Å². The Bertz CT molecular complexity index is 627. The van der Waals surface area contributed by atoms with Crippen molar-refractivity contribution in [2.24, 2.45) is 0 Å². The monoisotopic (exact) mass is 328 g/mol. The van der Waals surface area contributed by atoms with Gasteiger partial charge in [-0.3, -0.25) is 4.79 Å². The molecule has 0 saturated carbocycles. The summed E-state index contributed by atoms with van der Waals surface area (Å²) in [5, 5.41) is 2.86. The van der Waals surface area contributed by atoms with Crippen molar-refractivity contribution in [1.29, 1.82) is 0 Å². The molecule has 1 aromatic rings. The summed E-state index contributed by atoms with van der Waals surface area (Å²) >= 11 is 0. The predicted octanol–water partition coefficient (Wildman–Crippen LogP) is 2.54. The van der Waals surface area contributed by atoms with Gasteiger partial charge in [0.25, 0.3) is 0 Å². The van der Waals surface area contributed by atoms with Crippen LogP contribution in [0.15, 0.2) is 42.1 Å². The highest BCUT2D eigenvalue weighted by molar-refractivity contribution is 6.22. The largest absolute Gasteiger partial charge is 0.465 e. The molecule has 0 amide bonds. The van der Waals surface area contributed by atoms with E-state index in [0.717, 1.165) is 18.7 Å². The summed E-state index contributed by atoms with van der Waals surface area (Å²) in [5.41, 5.74) is 2.11. The minimum atomic E-state index is -0.644. The topological polar surface area (TPSA) is 58.6 Å². The first kappa shape index (κ1) is 17.8. The highest BCUT2D eigenvalue weighted by Crippen LogP contribution is 2.20. The molecular formula is C19H24N2O3. The maximum absolute atomic E-state index is 12.2. The van der Waals surface area contributed by atoms with Crippen LogP contribution in [0.2, 0.25) is 0 Å². The summed E-state index contributed by atoms with van der Waals surface area (Å²) in [6, 6.07) is 8.07. The van der Waals surface area contributed by atoms with Gasteiger partial charge >= 0.3 is 5.97 Å². The van der Waals surface area contributed by atoms with Crippen molar-refractivity contribution in [1.82, 2.24) is 5.32 Å². The molecular weight excluding hydrogens is 304 g/mol. The van der Waals surface area contributed by atoms with Crippen LogP contribution in [0, 0.1) is 0 Å². The lowest BCUT2D eigenvalue weighted by atomic mass is 10.1. The molecule has 5 heteroatoms. The van der Waals surface area contributed by atoms with E-state index in [4.69, 9.17) is 0 Å². The van der Waals surface area contributed by atoms with Crippen LogP contribution in [-0.2, 0) is 14.3 Å². The second kappa shape index (κ2) is 8.91. The van der Waals surface area contributed by atoms with Crippen LogP contribution in [0.5, 0.6) is 0 Å². The fraction of sp³-hybridized carbons (Fsp3) is 0.368. The van der Waals surface area contributed by atoms with E-state index in [0.29, 0.717) is 6.54 Å². The van der Waals surface area contributed by atoms with Gasteiger partial charge in [0.2, 0.25) is 0 Å². The van der Waals surface area contributed by atoms with Crippen molar-refractivity contribution < 1.29 is 14.3 Å². The van der Waals surface area contributed by atoms with Crippen molar-refractivity contribution in [3.05, 3.63) is 47.7 Å². The van der Waals surface area contributed by atoms with Crippen LogP contribution < -0.4 is 10.2 Å². The number of ether oxygens (including phenoxy) is 1. The number of carbonyl (C=O) groups is 2. The first-order valence-electron chi connectivity index (χ1n) is 8.25. The molecule has 24 heavy (non-hydrogen) atoms. The van der Waals surface area contributed by atoms with Gasteiger partial charge in [0.1, 0.15) is 5.57 Å². The number of methoxy groups -OCH3 is 1. The molecule has 1 N–H and O–H groups in total. The van der Waals surface area contributed by atoms with E-state index in [9.17, 15) is 9.59 Å². The van der Waals surface area contributed by atoms with Crippen molar-refractivity contribution in [3.8, 4) is 0 Å². The third kappa shape index (κ3) is 4.72. The van der Waals surface area contributed by atoms with Gasteiger partial charge in [-0.1, -0.05) is 18.2 Å². The lowest BCUT2D eigenvalue weighted by Crippen LogP contribution is -2.17. The molecule has 128 valence electrons. The summed E-state index contributed by atoms with van der Waals surface area (Å²) in [4.78, 5) is 26.2. The van der Waals surface area contributed by atoms with E-state index in [-0.39, 0.29) is 11.4 Å². The molecule has 5 nitrogen and oxygen atoms in total. The van der Waals surface area contributed by atoms with Crippen molar-refractivity contribution in [2.75, 3.05) is 31.6 Å². The molecule has 0 aromatic heterocycles. The highest BCUT2D eigenvalue weighted by Gasteiger charge is 2.16. The molecule has 0 unspecified atom stereocenters. The number of carbonyl (C=O) groups excluding carboxylic acids is 2. The molecule has 1 heterocycles. The Morgan fingerprint density at radius 3 is 2.46 bits per heavy atom. The van der Waals surface area contributed by atoms with Crippen molar-refractivity contribution in [2.45, 2.75) is 19.8 Å². The van der Waals surface area contributed by atoms with Crippen LogP contribution in [0.1, 0.15) is 25.3 Å². The lowest BCUT2D eigenvalue weighted by molar-refractivity contribution is -0.137. The second-order valence-corrected chi connectivity index (χ2v) is 5.59. The minimum Gasteiger partial charge on any atom is -0.465 e. The van der Waals surface area contributed by atoms with E-state index in [2.05, 4.69) is 27.1 Å². The van der Waals surface area contributed by atoms with E-state index >= 15 is 0 Å². The molecule has 0 spiro atoms. The number of allylic oxidation sites excluding steroid dienone is 1. The summed E-state index contributed by atoms with van der Waals surface area (Å²) in [6.07, 6.45) is 6.98. The molecule has 0 bridgehead atoms. The van der Waals surface area contributed by atoms with E-state index < -0.39 is 5.97 Å². The zero-order valence-corrected chi connectivity index (χ0v) is 14.2. The molecule has 1 fully saturated rings. The van der Waals surface area contributed by atoms with Gasteiger partial charge in [0.15, 0.2) is 5.78 Å².